The Kier molecular flexibility index (Phi) is 6.44. The summed E-state index contributed by atoms with van der Waals surface area (Å²) in [4.78, 5) is 11.9. The number of ether oxygens (including phenoxy) is 1. The molecule has 108 valence electrons. The van der Waals surface area contributed by atoms with Gasteiger partial charge in [0.15, 0.2) is 0 Å². The summed E-state index contributed by atoms with van der Waals surface area (Å²) in [7, 11) is 1.64. The first-order valence-corrected chi connectivity index (χ1v) is 6.54. The molecule has 0 aliphatic carbocycles. The Morgan fingerprint density at radius 1 is 1.63 bits per heavy atom. The van der Waals surface area contributed by atoms with Crippen LogP contribution in [0.1, 0.15) is 44.5 Å². The van der Waals surface area contributed by atoms with E-state index >= 15 is 0 Å². The number of aromatic nitrogens is 3. The second-order valence-corrected chi connectivity index (χ2v) is 4.45. The van der Waals surface area contributed by atoms with Gasteiger partial charge in [0.2, 0.25) is 5.91 Å². The first-order valence-electron chi connectivity index (χ1n) is 6.54. The van der Waals surface area contributed by atoms with Crippen LogP contribution in [-0.4, -0.2) is 41.2 Å². The van der Waals surface area contributed by atoms with Crippen LogP contribution in [0.5, 0.6) is 0 Å². The van der Waals surface area contributed by atoms with Crippen molar-refractivity contribution in [3.05, 3.63) is 11.9 Å². The minimum absolute atomic E-state index is 0.0855. The van der Waals surface area contributed by atoms with Crippen LogP contribution in [0.2, 0.25) is 0 Å². The topological polar surface area (TPSA) is 95.1 Å². The Morgan fingerprint density at radius 2 is 2.37 bits per heavy atom. The summed E-state index contributed by atoms with van der Waals surface area (Å²) in [5.74, 6) is -0.0855. The molecule has 1 aromatic heterocycles. The molecule has 0 saturated carbocycles. The third kappa shape index (κ3) is 4.60. The van der Waals surface area contributed by atoms with Crippen molar-refractivity contribution in [2.75, 3.05) is 20.3 Å². The van der Waals surface area contributed by atoms with Crippen LogP contribution in [0, 0.1) is 0 Å². The van der Waals surface area contributed by atoms with E-state index in [2.05, 4.69) is 15.6 Å². The second kappa shape index (κ2) is 7.85. The molecule has 1 amide bonds. The highest BCUT2D eigenvalue weighted by Gasteiger charge is 2.17. The van der Waals surface area contributed by atoms with Crippen molar-refractivity contribution in [1.29, 1.82) is 0 Å². The van der Waals surface area contributed by atoms with E-state index in [-0.39, 0.29) is 11.9 Å². The van der Waals surface area contributed by atoms with Crippen LogP contribution in [0.25, 0.3) is 0 Å². The van der Waals surface area contributed by atoms with E-state index in [1.807, 2.05) is 6.92 Å². The molecule has 0 fully saturated rings. The predicted molar refractivity (Wildman–Crippen MR) is 71.5 cm³/mol. The summed E-state index contributed by atoms with van der Waals surface area (Å²) in [6.07, 6.45) is 3.31. The van der Waals surface area contributed by atoms with Gasteiger partial charge in [-0.25, -0.2) is 4.68 Å². The zero-order valence-corrected chi connectivity index (χ0v) is 11.8. The van der Waals surface area contributed by atoms with Gasteiger partial charge in [-0.2, -0.15) is 0 Å². The molecule has 1 aromatic rings. The molecule has 0 spiro atoms. The molecule has 2 unspecified atom stereocenters. The molecule has 3 N–H and O–H groups in total. The number of nitrogens with one attached hydrogen (secondary N) is 1. The van der Waals surface area contributed by atoms with Crippen molar-refractivity contribution < 1.29 is 9.53 Å². The molecule has 0 aromatic carbocycles. The van der Waals surface area contributed by atoms with Gasteiger partial charge in [0, 0.05) is 20.3 Å². The Bertz CT molecular complexity index is 393. The quantitative estimate of drug-likeness (QED) is 0.666. The van der Waals surface area contributed by atoms with Crippen molar-refractivity contribution in [2.45, 2.75) is 38.8 Å². The predicted octanol–water partition coefficient (Wildman–Crippen LogP) is 0.402. The van der Waals surface area contributed by atoms with E-state index in [1.54, 1.807) is 20.2 Å². The van der Waals surface area contributed by atoms with Gasteiger partial charge in [0.25, 0.3) is 0 Å². The minimum atomic E-state index is -0.396. The minimum Gasteiger partial charge on any atom is -0.385 e. The highest BCUT2D eigenvalue weighted by Crippen LogP contribution is 2.12. The lowest BCUT2D eigenvalue weighted by Crippen LogP contribution is -2.32. The van der Waals surface area contributed by atoms with Crippen molar-refractivity contribution >= 4 is 5.91 Å². The van der Waals surface area contributed by atoms with Crippen LogP contribution in [-0.2, 0) is 9.53 Å². The van der Waals surface area contributed by atoms with Gasteiger partial charge >= 0.3 is 0 Å². The second-order valence-electron chi connectivity index (χ2n) is 4.45. The van der Waals surface area contributed by atoms with E-state index in [9.17, 15) is 4.79 Å². The molecule has 0 aliphatic rings. The van der Waals surface area contributed by atoms with Gasteiger partial charge in [-0.05, 0) is 19.8 Å². The first kappa shape index (κ1) is 15.6. The molecule has 19 heavy (non-hydrogen) atoms. The maximum absolute atomic E-state index is 11.9. The van der Waals surface area contributed by atoms with Crippen LogP contribution in [0.3, 0.4) is 0 Å². The van der Waals surface area contributed by atoms with E-state index < -0.39 is 6.04 Å². The number of hydrogen-bond acceptors (Lipinski definition) is 5. The fourth-order valence-electron chi connectivity index (χ4n) is 1.55. The van der Waals surface area contributed by atoms with Gasteiger partial charge in [-0.1, -0.05) is 12.1 Å². The third-order valence-corrected chi connectivity index (χ3v) is 2.95. The number of carbonyl (C=O) groups excluding carboxylic acids is 1. The smallest absolute Gasteiger partial charge is 0.244 e. The average molecular weight is 269 g/mol. The molecule has 2 atom stereocenters. The Labute approximate surface area is 113 Å². The lowest BCUT2D eigenvalue weighted by atomic mass is 10.2. The van der Waals surface area contributed by atoms with Gasteiger partial charge in [0.05, 0.1) is 17.9 Å². The SMILES string of the molecule is CCC(N)c1cn(C(C)C(=O)NCCCOC)nn1. The lowest BCUT2D eigenvalue weighted by molar-refractivity contribution is -0.124. The van der Waals surface area contributed by atoms with E-state index in [1.165, 1.54) is 4.68 Å². The molecule has 7 nitrogen and oxygen atoms in total. The zero-order chi connectivity index (χ0) is 14.3. The molecule has 7 heteroatoms. The standard InChI is InChI=1S/C12H23N5O2/c1-4-10(13)11-8-17(16-15-11)9(2)12(18)14-6-5-7-19-3/h8-10H,4-7,13H2,1-3H3,(H,14,18). The number of methoxy groups -OCH3 is 1. The monoisotopic (exact) mass is 269 g/mol. The van der Waals surface area contributed by atoms with Gasteiger partial charge < -0.3 is 15.8 Å². The normalized spacial score (nSPS) is 14.1. The van der Waals surface area contributed by atoms with Gasteiger partial charge in [0.1, 0.15) is 6.04 Å². The van der Waals surface area contributed by atoms with Crippen molar-refractivity contribution in [3.8, 4) is 0 Å². The Balaban J connectivity index is 2.49. The third-order valence-electron chi connectivity index (χ3n) is 2.95. The highest BCUT2D eigenvalue weighted by atomic mass is 16.5. The maximum atomic E-state index is 11.9. The number of nitrogens with two attached hydrogens (primary N) is 1. The fraction of sp³-hybridized carbons (Fsp3) is 0.750. The molecule has 0 bridgehead atoms. The Hall–Kier alpha value is -1.47. The first-order chi connectivity index (χ1) is 9.10. The number of carbonyl (C=O) groups is 1. The van der Waals surface area contributed by atoms with E-state index in [0.29, 0.717) is 18.8 Å². The van der Waals surface area contributed by atoms with Crippen LogP contribution in [0.4, 0.5) is 0 Å². The summed E-state index contributed by atoms with van der Waals surface area (Å²) in [6.45, 7) is 4.98. The molecule has 0 aliphatic heterocycles. The largest absolute Gasteiger partial charge is 0.385 e. The molecule has 1 heterocycles. The van der Waals surface area contributed by atoms with E-state index in [4.69, 9.17) is 10.5 Å². The Morgan fingerprint density at radius 3 is 3.00 bits per heavy atom. The number of rotatable bonds is 8. The molecular weight excluding hydrogens is 246 g/mol. The summed E-state index contributed by atoms with van der Waals surface area (Å²) in [6, 6.07) is -0.529. The summed E-state index contributed by atoms with van der Waals surface area (Å²) in [5.41, 5.74) is 6.58. The maximum Gasteiger partial charge on any atom is 0.244 e. The van der Waals surface area contributed by atoms with Crippen LogP contribution >= 0.6 is 0 Å². The van der Waals surface area contributed by atoms with Crippen LogP contribution < -0.4 is 11.1 Å². The van der Waals surface area contributed by atoms with E-state index in [0.717, 1.165) is 12.8 Å². The van der Waals surface area contributed by atoms with Gasteiger partial charge in [-0.3, -0.25) is 4.79 Å². The number of amides is 1. The van der Waals surface area contributed by atoms with Crippen LogP contribution in [0.15, 0.2) is 6.20 Å². The highest BCUT2D eigenvalue weighted by molar-refractivity contribution is 5.79. The molecule has 0 radical (unpaired) electrons. The average Bonchev–Trinajstić information content (AvgIpc) is 2.91. The van der Waals surface area contributed by atoms with Crippen molar-refractivity contribution in [1.82, 2.24) is 20.3 Å². The zero-order valence-electron chi connectivity index (χ0n) is 11.8. The molecular formula is C12H23N5O2. The number of nitrogens with zero attached hydrogens (tertiary/aromatic N) is 3. The fourth-order valence-corrected chi connectivity index (χ4v) is 1.55. The summed E-state index contributed by atoms with van der Waals surface area (Å²) < 4.78 is 6.46. The van der Waals surface area contributed by atoms with Crippen molar-refractivity contribution in [2.24, 2.45) is 5.73 Å². The van der Waals surface area contributed by atoms with Crippen molar-refractivity contribution in [3.63, 3.8) is 0 Å². The summed E-state index contributed by atoms with van der Waals surface area (Å²) in [5, 5.41) is 10.8. The molecule has 0 saturated heterocycles. The lowest BCUT2D eigenvalue weighted by Gasteiger charge is -2.11. The summed E-state index contributed by atoms with van der Waals surface area (Å²) >= 11 is 0. The van der Waals surface area contributed by atoms with Gasteiger partial charge in [-0.15, -0.1) is 5.10 Å². The number of hydrogen-bond donors (Lipinski definition) is 2. The molecule has 1 rings (SSSR count).